The third kappa shape index (κ3) is 1.41. The van der Waals surface area contributed by atoms with Gasteiger partial charge in [-0.3, -0.25) is 5.84 Å². The molecule has 0 bridgehead atoms. The van der Waals surface area contributed by atoms with Gasteiger partial charge in [-0.25, -0.2) is 8.78 Å². The molecule has 1 aromatic carbocycles. The average Bonchev–Trinajstić information content (AvgIpc) is 1.99. The highest BCUT2D eigenvalue weighted by molar-refractivity contribution is 6.33. The van der Waals surface area contributed by atoms with Gasteiger partial charge >= 0.3 is 0 Å². The summed E-state index contributed by atoms with van der Waals surface area (Å²) in [5.41, 5.74) is 1.73. The van der Waals surface area contributed by atoms with Crippen LogP contribution in [-0.2, 0) is 0 Å². The van der Waals surface area contributed by atoms with Gasteiger partial charge in [-0.2, -0.15) is 0 Å². The zero-order valence-corrected chi connectivity index (χ0v) is 6.12. The Morgan fingerprint density at radius 3 is 2.27 bits per heavy atom. The molecule has 60 valence electrons. The number of nitrogens with one attached hydrogen (secondary N) is 1. The number of halogens is 3. The summed E-state index contributed by atoms with van der Waals surface area (Å²) in [4.78, 5) is 0. The van der Waals surface area contributed by atoms with Crippen LogP contribution in [0, 0.1) is 11.6 Å². The van der Waals surface area contributed by atoms with Crippen LogP contribution in [0.5, 0.6) is 0 Å². The molecule has 0 spiro atoms. The summed E-state index contributed by atoms with van der Waals surface area (Å²) in [5, 5.41) is -0.340. The summed E-state index contributed by atoms with van der Waals surface area (Å²) < 4.78 is 25.2. The maximum absolute atomic E-state index is 12.6. The van der Waals surface area contributed by atoms with Crippen LogP contribution in [0.4, 0.5) is 14.5 Å². The smallest absolute Gasteiger partial charge is 0.149 e. The fourth-order valence-electron chi connectivity index (χ4n) is 0.659. The van der Waals surface area contributed by atoms with Gasteiger partial charge in [-0.15, -0.1) is 0 Å². The number of hydrogen-bond acceptors (Lipinski definition) is 2. The lowest BCUT2D eigenvalue weighted by Gasteiger charge is -2.03. The largest absolute Gasteiger partial charge is 0.320 e. The number of nitrogen functional groups attached to an aromatic ring is 1. The Hall–Kier alpha value is -0.870. The number of anilines is 1. The minimum atomic E-state index is -0.707. The predicted molar refractivity (Wildman–Crippen MR) is 39.2 cm³/mol. The highest BCUT2D eigenvalue weighted by Gasteiger charge is 2.09. The average molecular weight is 179 g/mol. The van der Waals surface area contributed by atoms with Gasteiger partial charge in [-0.05, 0) is 12.1 Å². The van der Waals surface area contributed by atoms with Gasteiger partial charge in [0.1, 0.15) is 22.3 Å². The van der Waals surface area contributed by atoms with Gasteiger partial charge in [0.05, 0.1) is 0 Å². The first-order valence-electron chi connectivity index (χ1n) is 2.77. The summed E-state index contributed by atoms with van der Waals surface area (Å²) in [6.45, 7) is 0. The third-order valence-electron chi connectivity index (χ3n) is 1.19. The fraction of sp³-hybridized carbons (Fsp3) is 0. The quantitative estimate of drug-likeness (QED) is 0.392. The Balaban J connectivity index is 3.29. The fourth-order valence-corrected chi connectivity index (χ4v) is 0.867. The summed E-state index contributed by atoms with van der Waals surface area (Å²) >= 11 is 5.34. The van der Waals surface area contributed by atoms with E-state index in [-0.39, 0.29) is 10.7 Å². The van der Waals surface area contributed by atoms with E-state index in [4.69, 9.17) is 17.4 Å². The molecule has 0 aliphatic carbocycles. The maximum Gasteiger partial charge on any atom is 0.149 e. The van der Waals surface area contributed by atoms with Crippen molar-refractivity contribution in [2.75, 3.05) is 5.43 Å². The zero-order chi connectivity index (χ0) is 8.43. The van der Waals surface area contributed by atoms with Crippen molar-refractivity contribution in [2.45, 2.75) is 0 Å². The van der Waals surface area contributed by atoms with Crippen molar-refractivity contribution >= 4 is 17.3 Å². The Morgan fingerprint density at radius 2 is 1.82 bits per heavy atom. The molecule has 11 heavy (non-hydrogen) atoms. The number of hydrogen-bond donors (Lipinski definition) is 2. The van der Waals surface area contributed by atoms with Crippen LogP contribution in [-0.4, -0.2) is 0 Å². The number of benzene rings is 1. The molecular weight excluding hydrogens is 174 g/mol. The van der Waals surface area contributed by atoms with E-state index in [9.17, 15) is 8.78 Å². The van der Waals surface area contributed by atoms with Crippen molar-refractivity contribution < 1.29 is 8.78 Å². The van der Waals surface area contributed by atoms with E-state index < -0.39 is 11.6 Å². The molecule has 0 unspecified atom stereocenters. The molecule has 0 saturated carbocycles. The Labute approximate surface area is 66.9 Å². The molecule has 1 rings (SSSR count). The molecule has 0 aliphatic heterocycles. The summed E-state index contributed by atoms with van der Waals surface area (Å²) in [6, 6.07) is 1.87. The molecule has 0 aromatic heterocycles. The monoisotopic (exact) mass is 178 g/mol. The first-order chi connectivity index (χ1) is 5.16. The van der Waals surface area contributed by atoms with Crippen molar-refractivity contribution in [3.05, 3.63) is 28.8 Å². The van der Waals surface area contributed by atoms with E-state index in [1.807, 2.05) is 5.43 Å². The van der Waals surface area contributed by atoms with E-state index in [1.165, 1.54) is 0 Å². The minimum absolute atomic E-state index is 0.230. The topological polar surface area (TPSA) is 38.0 Å². The second-order valence-electron chi connectivity index (χ2n) is 1.86. The molecule has 5 heteroatoms. The van der Waals surface area contributed by atoms with Crippen molar-refractivity contribution in [1.82, 2.24) is 0 Å². The molecule has 3 N–H and O–H groups in total. The normalized spacial score (nSPS) is 9.82. The molecule has 1 aromatic rings. The first-order valence-corrected chi connectivity index (χ1v) is 3.14. The highest BCUT2D eigenvalue weighted by Crippen LogP contribution is 2.26. The van der Waals surface area contributed by atoms with E-state index in [1.54, 1.807) is 0 Å². The molecule has 0 saturated heterocycles. The van der Waals surface area contributed by atoms with Gasteiger partial charge in [0.25, 0.3) is 0 Å². The number of nitrogens with two attached hydrogens (primary N) is 1. The lowest BCUT2D eigenvalue weighted by Crippen LogP contribution is -2.09. The van der Waals surface area contributed by atoms with E-state index in [0.717, 1.165) is 12.1 Å². The van der Waals surface area contributed by atoms with Gasteiger partial charge in [0.15, 0.2) is 0 Å². The van der Waals surface area contributed by atoms with Crippen molar-refractivity contribution in [3.63, 3.8) is 0 Å². The summed E-state index contributed by atoms with van der Waals surface area (Å²) in [7, 11) is 0. The molecule has 0 fully saturated rings. The Kier molecular flexibility index (Phi) is 2.26. The molecule has 0 aliphatic rings. The maximum atomic E-state index is 12.6. The minimum Gasteiger partial charge on any atom is -0.320 e. The van der Waals surface area contributed by atoms with Crippen molar-refractivity contribution in [1.29, 1.82) is 0 Å². The van der Waals surface area contributed by atoms with Crippen molar-refractivity contribution in [3.8, 4) is 0 Å². The molecule has 0 radical (unpaired) electrons. The Morgan fingerprint density at radius 1 is 1.27 bits per heavy atom. The second kappa shape index (κ2) is 3.02. The van der Waals surface area contributed by atoms with Crippen LogP contribution < -0.4 is 11.3 Å². The first kappa shape index (κ1) is 8.23. The van der Waals surface area contributed by atoms with E-state index in [0.29, 0.717) is 0 Å². The molecule has 0 amide bonds. The van der Waals surface area contributed by atoms with Gasteiger partial charge < -0.3 is 5.43 Å². The number of hydrazine groups is 1. The predicted octanol–water partition coefficient (Wildman–Crippen LogP) is 1.90. The summed E-state index contributed by atoms with van der Waals surface area (Å²) in [6.07, 6.45) is 0. The van der Waals surface area contributed by atoms with Gasteiger partial charge in [-0.1, -0.05) is 11.6 Å². The van der Waals surface area contributed by atoms with Gasteiger partial charge in [0, 0.05) is 0 Å². The van der Waals surface area contributed by atoms with Crippen LogP contribution in [0.1, 0.15) is 0 Å². The SMILES string of the molecule is NNc1c(F)ccc(F)c1Cl. The lowest BCUT2D eigenvalue weighted by atomic mass is 10.3. The number of rotatable bonds is 1. The standard InChI is InChI=1S/C6H5ClF2N2/c7-5-3(8)1-2-4(9)6(5)11-10/h1-2,11H,10H2. The molecule has 2 nitrogen and oxygen atoms in total. The molecule has 0 atom stereocenters. The lowest BCUT2D eigenvalue weighted by molar-refractivity contribution is 0.603. The van der Waals surface area contributed by atoms with Crippen LogP contribution >= 0.6 is 11.6 Å². The van der Waals surface area contributed by atoms with E-state index in [2.05, 4.69) is 0 Å². The third-order valence-corrected chi connectivity index (χ3v) is 1.56. The highest BCUT2D eigenvalue weighted by atomic mass is 35.5. The Bertz CT molecular complexity index is 278. The van der Waals surface area contributed by atoms with Crippen LogP contribution in [0.3, 0.4) is 0 Å². The summed E-state index contributed by atoms with van der Waals surface area (Å²) in [5.74, 6) is 3.49. The molecular formula is C6H5ClF2N2. The van der Waals surface area contributed by atoms with Crippen LogP contribution in [0.15, 0.2) is 12.1 Å². The van der Waals surface area contributed by atoms with Crippen LogP contribution in [0.2, 0.25) is 5.02 Å². The van der Waals surface area contributed by atoms with Gasteiger partial charge in [0.2, 0.25) is 0 Å². The zero-order valence-electron chi connectivity index (χ0n) is 5.37. The van der Waals surface area contributed by atoms with E-state index >= 15 is 0 Å². The van der Waals surface area contributed by atoms with Crippen LogP contribution in [0.25, 0.3) is 0 Å². The molecule has 0 heterocycles. The van der Waals surface area contributed by atoms with Crippen molar-refractivity contribution in [2.24, 2.45) is 5.84 Å². The second-order valence-corrected chi connectivity index (χ2v) is 2.24.